The van der Waals surface area contributed by atoms with Crippen LogP contribution in [0.5, 0.6) is 17.2 Å². The van der Waals surface area contributed by atoms with Crippen LogP contribution in [-0.2, 0) is 22.4 Å². The van der Waals surface area contributed by atoms with Gasteiger partial charge in [0.25, 0.3) is 0 Å². The van der Waals surface area contributed by atoms with Crippen LogP contribution in [0.25, 0.3) is 0 Å². The number of hydrogen-bond donors (Lipinski definition) is 0. The maximum Gasteiger partial charge on any atom is 0.309 e. The van der Waals surface area contributed by atoms with Gasteiger partial charge in [0.15, 0.2) is 11.5 Å². The molecular formula is C27H25Br2ClO5. The molecule has 0 amide bonds. The Kier molecular flexibility index (Phi) is 9.39. The quantitative estimate of drug-likeness (QED) is 0.179. The van der Waals surface area contributed by atoms with Crippen molar-refractivity contribution in [2.75, 3.05) is 14.2 Å². The number of carbonyl (C=O) groups excluding carboxylic acids is 2. The van der Waals surface area contributed by atoms with Crippen LogP contribution in [0.2, 0.25) is 5.02 Å². The Hall–Kier alpha value is -2.35. The number of ether oxygens (including phenoxy) is 3. The Labute approximate surface area is 227 Å². The van der Waals surface area contributed by atoms with Crippen LogP contribution in [0.4, 0.5) is 0 Å². The molecule has 0 saturated carbocycles. The van der Waals surface area contributed by atoms with Crippen molar-refractivity contribution >= 4 is 55.2 Å². The molecule has 0 unspecified atom stereocenters. The van der Waals surface area contributed by atoms with E-state index in [9.17, 15) is 9.59 Å². The van der Waals surface area contributed by atoms with Crippen LogP contribution in [0.3, 0.4) is 0 Å². The van der Waals surface area contributed by atoms with E-state index in [0.717, 1.165) is 16.7 Å². The van der Waals surface area contributed by atoms with Crippen LogP contribution in [-0.4, -0.2) is 26.0 Å². The zero-order valence-electron chi connectivity index (χ0n) is 19.8. The number of ketones is 1. The van der Waals surface area contributed by atoms with Gasteiger partial charge in [-0.1, -0.05) is 37.6 Å². The van der Waals surface area contributed by atoms with Gasteiger partial charge >= 0.3 is 5.97 Å². The van der Waals surface area contributed by atoms with E-state index >= 15 is 0 Å². The summed E-state index contributed by atoms with van der Waals surface area (Å²) in [5, 5.41) is 0.610. The molecule has 3 aromatic rings. The van der Waals surface area contributed by atoms with E-state index in [2.05, 4.69) is 31.9 Å². The van der Waals surface area contributed by atoms with Gasteiger partial charge < -0.3 is 14.2 Å². The van der Waals surface area contributed by atoms with E-state index in [0.29, 0.717) is 36.8 Å². The largest absolute Gasteiger partial charge is 0.496 e. The van der Waals surface area contributed by atoms with Gasteiger partial charge in [-0.05, 0) is 85.3 Å². The lowest BCUT2D eigenvalue weighted by Gasteiger charge is -2.19. The lowest BCUT2D eigenvalue weighted by atomic mass is 9.96. The maximum absolute atomic E-state index is 13.4. The minimum absolute atomic E-state index is 0.120. The monoisotopic (exact) mass is 622 g/mol. The highest BCUT2D eigenvalue weighted by atomic mass is 79.9. The highest BCUT2D eigenvalue weighted by Gasteiger charge is 2.22. The standard InChI is InChI=1S/C27H25Br2ClO5/c1-15(2)19-13-25(35-27-21(28)9-17(10-22(27)29)12-26(32)34-4)20(14-24(19)33-3)23(31)11-16-5-7-18(30)8-6-16/h5-10,13-15H,11-12H2,1-4H3. The van der Waals surface area contributed by atoms with Crippen LogP contribution in [0, 0.1) is 0 Å². The van der Waals surface area contributed by atoms with Gasteiger partial charge in [-0.3, -0.25) is 9.59 Å². The van der Waals surface area contributed by atoms with Crippen molar-refractivity contribution in [2.24, 2.45) is 0 Å². The highest BCUT2D eigenvalue weighted by molar-refractivity contribution is 9.11. The molecule has 0 atom stereocenters. The first-order valence-electron chi connectivity index (χ1n) is 10.8. The van der Waals surface area contributed by atoms with E-state index in [1.54, 1.807) is 37.4 Å². The molecule has 0 aliphatic heterocycles. The molecule has 0 radical (unpaired) electrons. The Morgan fingerprint density at radius 2 is 1.51 bits per heavy atom. The zero-order chi connectivity index (χ0) is 25.7. The summed E-state index contributed by atoms with van der Waals surface area (Å²) in [5.41, 5.74) is 2.91. The third kappa shape index (κ3) is 6.87. The predicted octanol–water partition coefficient (Wildman–Crippen LogP) is 7.93. The summed E-state index contributed by atoms with van der Waals surface area (Å²) in [7, 11) is 2.94. The molecule has 5 nitrogen and oxygen atoms in total. The Morgan fingerprint density at radius 3 is 2.06 bits per heavy atom. The average molecular weight is 625 g/mol. The third-order valence-electron chi connectivity index (χ3n) is 5.38. The van der Waals surface area contributed by atoms with Crippen molar-refractivity contribution in [3.8, 4) is 17.2 Å². The van der Waals surface area contributed by atoms with E-state index in [1.807, 2.05) is 32.0 Å². The summed E-state index contributed by atoms with van der Waals surface area (Å²) >= 11 is 13.1. The van der Waals surface area contributed by atoms with Gasteiger partial charge in [-0.15, -0.1) is 0 Å². The summed E-state index contributed by atoms with van der Waals surface area (Å²) < 4.78 is 17.9. The number of carbonyl (C=O) groups is 2. The van der Waals surface area contributed by atoms with E-state index in [-0.39, 0.29) is 30.5 Å². The third-order valence-corrected chi connectivity index (χ3v) is 6.81. The first-order chi connectivity index (χ1) is 16.6. The zero-order valence-corrected chi connectivity index (χ0v) is 23.7. The van der Waals surface area contributed by atoms with Crippen molar-refractivity contribution in [2.45, 2.75) is 32.6 Å². The molecule has 8 heteroatoms. The molecule has 35 heavy (non-hydrogen) atoms. The average Bonchev–Trinajstić information content (AvgIpc) is 2.82. The summed E-state index contributed by atoms with van der Waals surface area (Å²) in [6.07, 6.45) is 0.303. The minimum atomic E-state index is -0.343. The second kappa shape index (κ2) is 12.1. The normalized spacial score (nSPS) is 10.9. The van der Waals surface area contributed by atoms with Crippen LogP contribution in [0.1, 0.15) is 46.8 Å². The summed E-state index contributed by atoms with van der Waals surface area (Å²) in [6, 6.07) is 14.3. The molecule has 3 aromatic carbocycles. The Morgan fingerprint density at radius 1 is 0.886 bits per heavy atom. The van der Waals surface area contributed by atoms with Crippen LogP contribution >= 0.6 is 43.5 Å². The molecule has 0 bridgehead atoms. The molecule has 3 rings (SSSR count). The second-order valence-electron chi connectivity index (χ2n) is 8.21. The molecular weight excluding hydrogens is 600 g/mol. The number of rotatable bonds is 9. The Balaban J connectivity index is 2.04. The Bertz CT molecular complexity index is 1220. The molecule has 0 saturated heterocycles. The molecule has 0 aliphatic rings. The molecule has 0 N–H and O–H groups in total. The van der Waals surface area contributed by atoms with Crippen molar-refractivity contribution in [1.29, 1.82) is 0 Å². The number of methoxy groups -OCH3 is 2. The minimum Gasteiger partial charge on any atom is -0.496 e. The maximum atomic E-state index is 13.4. The molecule has 0 aromatic heterocycles. The molecule has 184 valence electrons. The summed E-state index contributed by atoms with van der Waals surface area (Å²) in [4.78, 5) is 25.1. The van der Waals surface area contributed by atoms with Crippen LogP contribution in [0.15, 0.2) is 57.5 Å². The molecule has 0 heterocycles. The lowest BCUT2D eigenvalue weighted by molar-refractivity contribution is -0.139. The highest BCUT2D eigenvalue weighted by Crippen LogP contribution is 2.42. The van der Waals surface area contributed by atoms with E-state index < -0.39 is 0 Å². The summed E-state index contributed by atoms with van der Waals surface area (Å²) in [6.45, 7) is 4.09. The van der Waals surface area contributed by atoms with Crippen molar-refractivity contribution in [3.63, 3.8) is 0 Å². The van der Waals surface area contributed by atoms with Gasteiger partial charge in [0.2, 0.25) is 0 Å². The van der Waals surface area contributed by atoms with Crippen molar-refractivity contribution in [3.05, 3.63) is 84.8 Å². The molecule has 0 spiro atoms. The van der Waals surface area contributed by atoms with E-state index in [1.165, 1.54) is 7.11 Å². The molecule has 0 aliphatic carbocycles. The van der Waals surface area contributed by atoms with Gasteiger partial charge in [-0.25, -0.2) is 0 Å². The smallest absolute Gasteiger partial charge is 0.309 e. The van der Waals surface area contributed by atoms with Crippen molar-refractivity contribution in [1.82, 2.24) is 0 Å². The number of hydrogen-bond acceptors (Lipinski definition) is 5. The van der Waals surface area contributed by atoms with Gasteiger partial charge in [0.1, 0.15) is 11.5 Å². The number of halogens is 3. The van der Waals surface area contributed by atoms with E-state index in [4.69, 9.17) is 25.8 Å². The number of Topliss-reactive ketones (excluding diaryl/α,β-unsaturated/α-hetero) is 1. The van der Waals surface area contributed by atoms with Gasteiger partial charge in [-0.2, -0.15) is 0 Å². The fourth-order valence-corrected chi connectivity index (χ4v) is 5.12. The topological polar surface area (TPSA) is 61.8 Å². The van der Waals surface area contributed by atoms with Gasteiger partial charge in [0, 0.05) is 17.0 Å². The number of esters is 1. The van der Waals surface area contributed by atoms with Crippen LogP contribution < -0.4 is 9.47 Å². The summed E-state index contributed by atoms with van der Waals surface area (Å²) in [5.74, 6) is 1.20. The molecule has 0 fully saturated rings. The number of benzene rings is 3. The second-order valence-corrected chi connectivity index (χ2v) is 10.4. The fraction of sp³-hybridized carbons (Fsp3) is 0.259. The van der Waals surface area contributed by atoms with Gasteiger partial charge in [0.05, 0.1) is 35.1 Å². The fourth-order valence-electron chi connectivity index (χ4n) is 3.55. The predicted molar refractivity (Wildman–Crippen MR) is 144 cm³/mol. The lowest BCUT2D eigenvalue weighted by Crippen LogP contribution is -2.08. The first-order valence-corrected chi connectivity index (χ1v) is 12.8. The van der Waals surface area contributed by atoms with Crippen molar-refractivity contribution < 1.29 is 23.8 Å². The first kappa shape index (κ1) is 27.2. The SMILES string of the molecule is COC(=O)Cc1cc(Br)c(Oc2cc(C(C)C)c(OC)cc2C(=O)Cc2ccc(Cl)cc2)c(Br)c1.